The molecular weight excluding hydrogens is 274 g/mol. The molecule has 0 amide bonds. The largest absolute Gasteiger partial charge is 0.294 e. The molecule has 3 rings (SSSR count). The summed E-state index contributed by atoms with van der Waals surface area (Å²) in [6, 6.07) is 3.67. The van der Waals surface area contributed by atoms with E-state index in [4.69, 9.17) is 0 Å². The Kier molecular flexibility index (Phi) is 3.20. The van der Waals surface area contributed by atoms with Crippen molar-refractivity contribution < 1.29 is 13.2 Å². The summed E-state index contributed by atoms with van der Waals surface area (Å²) in [5.41, 5.74) is 2.29. The summed E-state index contributed by atoms with van der Waals surface area (Å²) >= 11 is 0. The second-order valence-electron chi connectivity index (χ2n) is 6.03. The number of hydrogen-bond acceptors (Lipinski definition) is 4. The van der Waals surface area contributed by atoms with Crippen molar-refractivity contribution >= 4 is 15.6 Å². The van der Waals surface area contributed by atoms with Gasteiger partial charge in [0.1, 0.15) is 0 Å². The molecule has 0 saturated carbocycles. The number of pyridine rings is 1. The standard InChI is InChI=1S/C15H19NO3S/c1-9-3-6-14(10(2)16-9)15(17)11-7-12-4-5-13(8-11)20(12,18)19/h3,6,11-13H,4-5,7-8H2,1-2H3. The van der Waals surface area contributed by atoms with Crippen LogP contribution in [0, 0.1) is 19.8 Å². The van der Waals surface area contributed by atoms with Gasteiger partial charge in [-0.1, -0.05) is 0 Å². The predicted molar refractivity (Wildman–Crippen MR) is 76.5 cm³/mol. The number of nitrogens with zero attached hydrogens (tertiary/aromatic N) is 1. The van der Waals surface area contributed by atoms with E-state index in [0.29, 0.717) is 18.4 Å². The molecule has 0 N–H and O–H groups in total. The molecule has 3 heterocycles. The highest BCUT2D eigenvalue weighted by molar-refractivity contribution is 7.93. The first-order valence-corrected chi connectivity index (χ1v) is 8.71. The summed E-state index contributed by atoms with van der Waals surface area (Å²) in [7, 11) is -2.96. The Bertz CT molecular complexity index is 646. The maximum atomic E-state index is 12.6. The Morgan fingerprint density at radius 2 is 1.75 bits per heavy atom. The van der Waals surface area contributed by atoms with E-state index >= 15 is 0 Å². The number of fused-ring (bicyclic) bond motifs is 2. The van der Waals surface area contributed by atoms with Gasteiger partial charge in [0.2, 0.25) is 0 Å². The van der Waals surface area contributed by atoms with E-state index < -0.39 is 9.84 Å². The van der Waals surface area contributed by atoms with E-state index in [1.54, 1.807) is 0 Å². The number of sulfone groups is 1. The van der Waals surface area contributed by atoms with Crippen LogP contribution in [0.15, 0.2) is 12.1 Å². The maximum absolute atomic E-state index is 12.6. The van der Waals surface area contributed by atoms with Gasteiger partial charge in [0.05, 0.1) is 10.5 Å². The van der Waals surface area contributed by atoms with Gasteiger partial charge in [-0.3, -0.25) is 9.78 Å². The van der Waals surface area contributed by atoms with E-state index in [1.807, 2.05) is 26.0 Å². The first-order valence-electron chi connectivity index (χ1n) is 7.10. The average Bonchev–Trinajstić information content (AvgIpc) is 2.57. The van der Waals surface area contributed by atoms with Crippen LogP contribution in [0.3, 0.4) is 0 Å². The van der Waals surface area contributed by atoms with Crippen molar-refractivity contribution in [3.05, 3.63) is 29.1 Å². The fraction of sp³-hybridized carbons (Fsp3) is 0.600. The van der Waals surface area contributed by atoms with E-state index in [1.165, 1.54) is 0 Å². The van der Waals surface area contributed by atoms with Gasteiger partial charge in [-0.15, -0.1) is 0 Å². The molecule has 0 spiro atoms. The van der Waals surface area contributed by atoms with E-state index in [0.717, 1.165) is 24.2 Å². The second-order valence-corrected chi connectivity index (χ2v) is 8.54. The van der Waals surface area contributed by atoms with E-state index in [-0.39, 0.29) is 22.2 Å². The molecule has 0 radical (unpaired) electrons. The number of hydrogen-bond donors (Lipinski definition) is 0. The lowest BCUT2D eigenvalue weighted by Gasteiger charge is -2.27. The number of carbonyl (C=O) groups is 1. The number of carbonyl (C=O) groups excluding carboxylic acids is 1. The monoisotopic (exact) mass is 293 g/mol. The molecule has 0 aliphatic carbocycles. The lowest BCUT2D eigenvalue weighted by atomic mass is 9.90. The minimum absolute atomic E-state index is 0.0711. The molecule has 2 unspecified atom stereocenters. The molecule has 108 valence electrons. The predicted octanol–water partition coefficient (Wildman–Crippen LogP) is 2.24. The zero-order valence-corrected chi connectivity index (χ0v) is 12.6. The second kappa shape index (κ2) is 4.65. The van der Waals surface area contributed by atoms with Gasteiger partial charge in [0.15, 0.2) is 15.6 Å². The first kappa shape index (κ1) is 13.7. The zero-order chi connectivity index (χ0) is 14.5. The van der Waals surface area contributed by atoms with Crippen LogP contribution in [-0.4, -0.2) is 29.7 Å². The van der Waals surface area contributed by atoms with Gasteiger partial charge < -0.3 is 0 Å². The summed E-state index contributed by atoms with van der Waals surface area (Å²) in [5.74, 6) is -0.0824. The number of aromatic nitrogens is 1. The molecule has 1 aromatic rings. The first-order chi connectivity index (χ1) is 9.39. The minimum atomic E-state index is -2.96. The third-order valence-electron chi connectivity index (χ3n) is 4.70. The quantitative estimate of drug-likeness (QED) is 0.784. The van der Waals surface area contributed by atoms with Crippen molar-refractivity contribution in [1.29, 1.82) is 0 Å². The fourth-order valence-electron chi connectivity index (χ4n) is 3.59. The highest BCUT2D eigenvalue weighted by Gasteiger charge is 2.48. The van der Waals surface area contributed by atoms with Crippen molar-refractivity contribution in [3.63, 3.8) is 0 Å². The van der Waals surface area contributed by atoms with Gasteiger partial charge in [0.25, 0.3) is 0 Å². The Morgan fingerprint density at radius 3 is 2.30 bits per heavy atom. The van der Waals surface area contributed by atoms with Gasteiger partial charge in [-0.2, -0.15) is 0 Å². The van der Waals surface area contributed by atoms with Gasteiger partial charge in [-0.25, -0.2) is 8.42 Å². The topological polar surface area (TPSA) is 64.1 Å². The average molecular weight is 293 g/mol. The van der Waals surface area contributed by atoms with Crippen LogP contribution in [0.2, 0.25) is 0 Å². The summed E-state index contributed by atoms with van der Waals surface area (Å²) in [6.07, 6.45) is 2.43. The number of ketones is 1. The Labute approximate surface area is 119 Å². The van der Waals surface area contributed by atoms with E-state index in [2.05, 4.69) is 4.98 Å². The van der Waals surface area contributed by atoms with Crippen LogP contribution in [0.4, 0.5) is 0 Å². The molecule has 1 aromatic heterocycles. The smallest absolute Gasteiger partial charge is 0.167 e. The van der Waals surface area contributed by atoms with Gasteiger partial charge in [-0.05, 0) is 51.7 Å². The lowest BCUT2D eigenvalue weighted by Crippen LogP contribution is -2.36. The summed E-state index contributed by atoms with van der Waals surface area (Å²) in [6.45, 7) is 3.74. The number of Topliss-reactive ketones (excluding diaryl/α,β-unsaturated/α-hetero) is 1. The molecule has 20 heavy (non-hydrogen) atoms. The molecule has 2 aliphatic heterocycles. The van der Waals surface area contributed by atoms with Crippen molar-refractivity contribution in [2.75, 3.05) is 0 Å². The molecule has 2 saturated heterocycles. The third kappa shape index (κ3) is 2.08. The number of aryl methyl sites for hydroxylation is 2. The van der Waals surface area contributed by atoms with Crippen LogP contribution in [-0.2, 0) is 9.84 Å². The molecule has 2 aliphatic rings. The molecule has 0 aromatic carbocycles. The molecule has 5 heteroatoms. The van der Waals surface area contributed by atoms with Gasteiger partial charge in [0, 0.05) is 22.9 Å². The Balaban J connectivity index is 1.86. The Hall–Kier alpha value is -1.23. The lowest BCUT2D eigenvalue weighted by molar-refractivity contribution is 0.0904. The minimum Gasteiger partial charge on any atom is -0.294 e. The SMILES string of the molecule is Cc1ccc(C(=O)C2CC3CCC(C2)S3(=O)=O)c(C)n1. The van der Waals surface area contributed by atoms with Crippen molar-refractivity contribution in [2.24, 2.45) is 5.92 Å². The molecule has 2 fully saturated rings. The van der Waals surface area contributed by atoms with E-state index in [9.17, 15) is 13.2 Å². The van der Waals surface area contributed by atoms with Crippen LogP contribution in [0.5, 0.6) is 0 Å². The molecular formula is C15H19NO3S. The fourth-order valence-corrected chi connectivity index (χ4v) is 6.06. The van der Waals surface area contributed by atoms with Crippen LogP contribution >= 0.6 is 0 Å². The van der Waals surface area contributed by atoms with Gasteiger partial charge >= 0.3 is 0 Å². The maximum Gasteiger partial charge on any atom is 0.167 e. The third-order valence-corrected chi connectivity index (χ3v) is 7.41. The van der Waals surface area contributed by atoms with Crippen molar-refractivity contribution in [1.82, 2.24) is 4.98 Å². The van der Waals surface area contributed by atoms with Crippen LogP contribution in [0.1, 0.15) is 47.4 Å². The van der Waals surface area contributed by atoms with Crippen molar-refractivity contribution in [2.45, 2.75) is 50.0 Å². The summed E-state index contributed by atoms with van der Waals surface area (Å²) in [5, 5.41) is -0.595. The molecule has 4 nitrogen and oxygen atoms in total. The highest BCUT2D eigenvalue weighted by Crippen LogP contribution is 2.42. The van der Waals surface area contributed by atoms with Crippen molar-refractivity contribution in [3.8, 4) is 0 Å². The summed E-state index contributed by atoms with van der Waals surface area (Å²) < 4.78 is 24.1. The number of rotatable bonds is 2. The van der Waals surface area contributed by atoms with Crippen LogP contribution < -0.4 is 0 Å². The zero-order valence-electron chi connectivity index (χ0n) is 11.8. The molecule has 2 atom stereocenters. The Morgan fingerprint density at radius 1 is 1.15 bits per heavy atom. The van der Waals surface area contributed by atoms with Crippen LogP contribution in [0.25, 0.3) is 0 Å². The highest BCUT2D eigenvalue weighted by atomic mass is 32.2. The molecule has 2 bridgehead atoms. The summed E-state index contributed by atoms with van der Waals surface area (Å²) in [4.78, 5) is 17.0. The normalized spacial score (nSPS) is 31.2.